The van der Waals surface area contributed by atoms with E-state index in [1.165, 1.54) is 13.2 Å². The van der Waals surface area contributed by atoms with Crippen LogP contribution in [0.15, 0.2) is 35.1 Å². The van der Waals surface area contributed by atoms with Crippen LogP contribution in [0.1, 0.15) is 5.69 Å². The summed E-state index contributed by atoms with van der Waals surface area (Å²) in [5.74, 6) is 0.903. The van der Waals surface area contributed by atoms with Crippen molar-refractivity contribution in [3.05, 3.63) is 46.4 Å². The van der Waals surface area contributed by atoms with Gasteiger partial charge in [-0.1, -0.05) is 0 Å². The number of rotatable bonds is 5. The van der Waals surface area contributed by atoms with Crippen LogP contribution in [0.4, 0.5) is 11.6 Å². The lowest BCUT2D eigenvalue weighted by molar-refractivity contribution is -0.139. The average molecular weight is 358 g/mol. The first kappa shape index (κ1) is 17.8. The van der Waals surface area contributed by atoms with Crippen molar-refractivity contribution in [2.45, 2.75) is 6.42 Å². The number of aromatic nitrogens is 2. The average Bonchev–Trinajstić information content (AvgIpc) is 2.67. The molecular weight excluding hydrogens is 336 g/mol. The molecule has 0 radical (unpaired) electrons. The molecule has 2 aromatic rings. The summed E-state index contributed by atoms with van der Waals surface area (Å²) in [6.45, 7) is 3.04. The number of anilines is 2. The van der Waals surface area contributed by atoms with Gasteiger partial charge in [0.1, 0.15) is 5.75 Å². The molecule has 0 spiro atoms. The zero-order valence-corrected chi connectivity index (χ0v) is 14.9. The number of H-pyrrole nitrogens is 1. The van der Waals surface area contributed by atoms with Gasteiger partial charge in [-0.3, -0.25) is 14.6 Å². The first-order valence-corrected chi connectivity index (χ1v) is 8.40. The molecule has 1 aliphatic heterocycles. The summed E-state index contributed by atoms with van der Waals surface area (Å²) in [5.41, 5.74) is 1.27. The Morgan fingerprint density at radius 2 is 1.77 bits per heavy atom. The summed E-state index contributed by atoms with van der Waals surface area (Å²) >= 11 is 0. The van der Waals surface area contributed by atoms with Gasteiger partial charge in [-0.05, 0) is 24.3 Å². The molecule has 1 saturated heterocycles. The van der Waals surface area contributed by atoms with Crippen LogP contribution >= 0.6 is 0 Å². The number of aromatic amines is 1. The molecule has 0 atom stereocenters. The number of esters is 1. The Labute approximate surface area is 151 Å². The molecule has 3 rings (SSSR count). The zero-order chi connectivity index (χ0) is 18.5. The van der Waals surface area contributed by atoms with E-state index >= 15 is 0 Å². The molecule has 1 N–H and O–H groups in total. The number of benzene rings is 1. The normalized spacial score (nSPS) is 14.2. The predicted octanol–water partition coefficient (Wildman–Crippen LogP) is 0.821. The van der Waals surface area contributed by atoms with Crippen LogP contribution < -0.4 is 20.1 Å². The van der Waals surface area contributed by atoms with E-state index in [-0.39, 0.29) is 12.0 Å². The molecule has 26 heavy (non-hydrogen) atoms. The molecule has 138 valence electrons. The molecule has 1 aliphatic rings. The Morgan fingerprint density at radius 1 is 1.12 bits per heavy atom. The molecule has 1 aromatic carbocycles. The van der Waals surface area contributed by atoms with E-state index < -0.39 is 5.97 Å². The molecule has 0 bridgehead atoms. The minimum Gasteiger partial charge on any atom is -0.497 e. The van der Waals surface area contributed by atoms with Gasteiger partial charge in [0.15, 0.2) is 0 Å². The molecule has 1 aromatic heterocycles. The van der Waals surface area contributed by atoms with E-state index in [9.17, 15) is 9.59 Å². The summed E-state index contributed by atoms with van der Waals surface area (Å²) in [6.07, 6.45) is -0.0146. The standard InChI is InChI=1S/C18H22N4O4/c1-25-15-5-3-14(4-6-15)21-7-9-22(10-8-21)18-19-13(11-16(23)20-18)12-17(24)26-2/h3-6,11H,7-10,12H2,1-2H3,(H,19,20,23). The van der Waals surface area contributed by atoms with Gasteiger partial charge in [0.25, 0.3) is 5.56 Å². The molecule has 0 aliphatic carbocycles. The third-order valence-corrected chi connectivity index (χ3v) is 4.35. The van der Waals surface area contributed by atoms with Gasteiger partial charge < -0.3 is 19.3 Å². The summed E-state index contributed by atoms with van der Waals surface area (Å²) in [4.78, 5) is 34.7. The minimum absolute atomic E-state index is 0.0146. The van der Waals surface area contributed by atoms with Gasteiger partial charge in [0, 0.05) is 37.9 Å². The smallest absolute Gasteiger partial charge is 0.311 e. The number of carbonyl (C=O) groups is 1. The van der Waals surface area contributed by atoms with E-state index in [1.807, 2.05) is 29.2 Å². The van der Waals surface area contributed by atoms with Gasteiger partial charge in [0.2, 0.25) is 5.95 Å². The number of nitrogens with zero attached hydrogens (tertiary/aromatic N) is 3. The predicted molar refractivity (Wildman–Crippen MR) is 98.0 cm³/mol. The fourth-order valence-corrected chi connectivity index (χ4v) is 2.92. The maximum atomic E-state index is 11.9. The van der Waals surface area contributed by atoms with Crippen LogP contribution in [0, 0.1) is 0 Å². The highest BCUT2D eigenvalue weighted by atomic mass is 16.5. The Bertz CT molecular complexity index is 811. The van der Waals surface area contributed by atoms with Crippen molar-refractivity contribution in [1.29, 1.82) is 0 Å². The Hall–Kier alpha value is -3.03. The molecule has 0 unspecified atom stereocenters. The van der Waals surface area contributed by atoms with E-state index in [4.69, 9.17) is 4.74 Å². The van der Waals surface area contributed by atoms with Crippen molar-refractivity contribution >= 4 is 17.6 Å². The quantitative estimate of drug-likeness (QED) is 0.792. The SMILES string of the molecule is COC(=O)Cc1cc(=O)[nH]c(N2CCN(c3ccc(OC)cc3)CC2)n1. The molecule has 2 heterocycles. The highest BCUT2D eigenvalue weighted by molar-refractivity contribution is 5.71. The van der Waals surface area contributed by atoms with Gasteiger partial charge >= 0.3 is 5.97 Å². The van der Waals surface area contributed by atoms with E-state index in [0.29, 0.717) is 11.6 Å². The Morgan fingerprint density at radius 3 is 2.38 bits per heavy atom. The number of ether oxygens (including phenoxy) is 2. The third kappa shape index (κ3) is 4.14. The number of hydrogen-bond acceptors (Lipinski definition) is 7. The van der Waals surface area contributed by atoms with Crippen molar-refractivity contribution in [1.82, 2.24) is 9.97 Å². The largest absolute Gasteiger partial charge is 0.497 e. The number of nitrogens with one attached hydrogen (secondary N) is 1. The molecule has 1 fully saturated rings. The summed E-state index contributed by atoms with van der Waals surface area (Å²) in [7, 11) is 2.96. The minimum atomic E-state index is -0.418. The first-order valence-electron chi connectivity index (χ1n) is 8.40. The molecular formula is C18H22N4O4. The number of methoxy groups -OCH3 is 2. The highest BCUT2D eigenvalue weighted by Gasteiger charge is 2.20. The lowest BCUT2D eigenvalue weighted by Crippen LogP contribution is -2.47. The monoisotopic (exact) mass is 358 g/mol. The van der Waals surface area contributed by atoms with Gasteiger partial charge in [-0.15, -0.1) is 0 Å². The molecule has 0 amide bonds. The fraction of sp³-hybridized carbons (Fsp3) is 0.389. The van der Waals surface area contributed by atoms with Crippen molar-refractivity contribution in [3.8, 4) is 5.75 Å². The van der Waals surface area contributed by atoms with Crippen LogP contribution in [-0.4, -0.2) is 56.3 Å². The van der Waals surface area contributed by atoms with E-state index in [0.717, 1.165) is 37.6 Å². The highest BCUT2D eigenvalue weighted by Crippen LogP contribution is 2.21. The summed E-state index contributed by atoms with van der Waals surface area (Å²) < 4.78 is 9.83. The molecule has 8 nitrogen and oxygen atoms in total. The van der Waals surface area contributed by atoms with Gasteiger partial charge in [-0.25, -0.2) is 4.98 Å². The van der Waals surface area contributed by atoms with E-state index in [2.05, 4.69) is 19.6 Å². The van der Waals surface area contributed by atoms with Gasteiger partial charge in [-0.2, -0.15) is 0 Å². The maximum absolute atomic E-state index is 11.9. The maximum Gasteiger partial charge on any atom is 0.311 e. The van der Waals surface area contributed by atoms with Crippen molar-refractivity contribution in [2.24, 2.45) is 0 Å². The number of carbonyl (C=O) groups excluding carboxylic acids is 1. The topological polar surface area (TPSA) is 87.8 Å². The van der Waals surface area contributed by atoms with Gasteiger partial charge in [0.05, 0.1) is 26.3 Å². The summed E-state index contributed by atoms with van der Waals surface area (Å²) in [5, 5.41) is 0. The van der Waals surface area contributed by atoms with Crippen molar-refractivity contribution in [2.75, 3.05) is 50.2 Å². The van der Waals surface area contributed by atoms with Crippen LogP contribution in [0.2, 0.25) is 0 Å². The first-order chi connectivity index (χ1) is 12.6. The fourth-order valence-electron chi connectivity index (χ4n) is 2.92. The molecule has 8 heteroatoms. The van der Waals surface area contributed by atoms with Crippen LogP contribution in [0.5, 0.6) is 5.75 Å². The Kier molecular flexibility index (Phi) is 5.40. The van der Waals surface area contributed by atoms with Crippen LogP contribution in [0.3, 0.4) is 0 Å². The lowest BCUT2D eigenvalue weighted by Gasteiger charge is -2.36. The van der Waals surface area contributed by atoms with Crippen LogP contribution in [-0.2, 0) is 16.0 Å². The third-order valence-electron chi connectivity index (χ3n) is 4.35. The number of hydrogen-bond donors (Lipinski definition) is 1. The van der Waals surface area contributed by atoms with E-state index in [1.54, 1.807) is 7.11 Å². The van der Waals surface area contributed by atoms with Crippen molar-refractivity contribution < 1.29 is 14.3 Å². The number of piperazine rings is 1. The second kappa shape index (κ2) is 7.90. The Balaban J connectivity index is 1.67. The zero-order valence-electron chi connectivity index (χ0n) is 14.9. The van der Waals surface area contributed by atoms with Crippen LogP contribution in [0.25, 0.3) is 0 Å². The lowest BCUT2D eigenvalue weighted by atomic mass is 10.2. The summed E-state index contributed by atoms with van der Waals surface area (Å²) in [6, 6.07) is 9.28. The second-order valence-corrected chi connectivity index (χ2v) is 5.99. The van der Waals surface area contributed by atoms with Crippen molar-refractivity contribution in [3.63, 3.8) is 0 Å². The second-order valence-electron chi connectivity index (χ2n) is 5.99. The molecule has 0 saturated carbocycles.